The number of benzene rings is 1. The molecule has 1 aliphatic rings. The fourth-order valence-corrected chi connectivity index (χ4v) is 3.97. The zero-order valence-corrected chi connectivity index (χ0v) is 18.7. The van der Waals surface area contributed by atoms with Gasteiger partial charge in [-0.2, -0.15) is 0 Å². The van der Waals surface area contributed by atoms with Crippen molar-refractivity contribution < 1.29 is 9.53 Å². The van der Waals surface area contributed by atoms with Gasteiger partial charge in [-0.1, -0.05) is 30.3 Å². The summed E-state index contributed by atoms with van der Waals surface area (Å²) in [4.78, 5) is 25.9. The fourth-order valence-electron chi connectivity index (χ4n) is 3.76. The molecule has 154 valence electrons. The summed E-state index contributed by atoms with van der Waals surface area (Å²) in [6, 6.07) is 12.0. The van der Waals surface area contributed by atoms with E-state index in [1.54, 1.807) is 12.4 Å². The van der Waals surface area contributed by atoms with Crippen LogP contribution < -0.4 is 10.1 Å². The number of hydrogen-bond acceptors (Lipinski definition) is 5. The number of hydrogen-bond donors (Lipinski definition) is 1. The maximum absolute atomic E-state index is 13.1. The Morgan fingerprint density at radius 3 is 2.67 bits per heavy atom. The largest absolute Gasteiger partial charge is 0.489 e. The summed E-state index contributed by atoms with van der Waals surface area (Å²) in [6.45, 7) is 6.08. The van der Waals surface area contributed by atoms with Gasteiger partial charge in [0.05, 0.1) is 36.3 Å². The molecule has 7 heteroatoms. The zero-order chi connectivity index (χ0) is 21.3. The van der Waals surface area contributed by atoms with Crippen molar-refractivity contribution in [2.24, 2.45) is 5.92 Å². The van der Waals surface area contributed by atoms with Crippen LogP contribution in [0.5, 0.6) is 5.75 Å². The number of aromatic nitrogens is 3. The van der Waals surface area contributed by atoms with Crippen LogP contribution in [0.15, 0.2) is 53.4 Å². The smallest absolute Gasteiger partial charge is 0.228 e. The van der Waals surface area contributed by atoms with Crippen LogP contribution in [-0.2, 0) is 10.2 Å². The first-order valence-electron chi connectivity index (χ1n) is 9.80. The molecule has 1 N–H and O–H groups in total. The molecule has 6 nitrogen and oxygen atoms in total. The lowest BCUT2D eigenvalue weighted by Gasteiger charge is -2.19. The first kappa shape index (κ1) is 20.5. The van der Waals surface area contributed by atoms with Gasteiger partial charge >= 0.3 is 0 Å². The first-order chi connectivity index (χ1) is 14.4. The number of anilines is 1. The van der Waals surface area contributed by atoms with Crippen LogP contribution in [0.1, 0.15) is 29.1 Å². The number of nitrogens with zero attached hydrogens (tertiary/aromatic N) is 3. The molecular formula is C23H23BrN4O2. The number of amides is 1. The normalized spacial score (nSPS) is 19.9. The Kier molecular flexibility index (Phi) is 5.56. The quantitative estimate of drug-likeness (QED) is 0.539. The van der Waals surface area contributed by atoms with Crippen LogP contribution >= 0.6 is 15.9 Å². The van der Waals surface area contributed by atoms with Gasteiger partial charge in [0, 0.05) is 5.41 Å². The van der Waals surface area contributed by atoms with E-state index in [1.807, 2.05) is 45.0 Å². The van der Waals surface area contributed by atoms with E-state index in [1.165, 1.54) is 0 Å². The molecule has 30 heavy (non-hydrogen) atoms. The van der Waals surface area contributed by atoms with Crippen LogP contribution in [0.3, 0.4) is 0 Å². The second-order valence-electron chi connectivity index (χ2n) is 7.76. The lowest BCUT2D eigenvalue weighted by molar-refractivity contribution is -0.117. The minimum absolute atomic E-state index is 0.0251. The lowest BCUT2D eigenvalue weighted by Crippen LogP contribution is -2.26. The van der Waals surface area contributed by atoms with E-state index in [0.717, 1.165) is 27.8 Å². The topological polar surface area (TPSA) is 77.0 Å². The third-order valence-electron chi connectivity index (χ3n) is 5.56. The van der Waals surface area contributed by atoms with E-state index in [-0.39, 0.29) is 17.2 Å². The van der Waals surface area contributed by atoms with Crippen molar-refractivity contribution in [3.05, 3.63) is 76.0 Å². The van der Waals surface area contributed by atoms with E-state index in [0.29, 0.717) is 23.9 Å². The Balaban J connectivity index is 1.54. The number of pyridine rings is 1. The molecule has 1 aromatic carbocycles. The summed E-state index contributed by atoms with van der Waals surface area (Å²) < 4.78 is 6.89. The van der Waals surface area contributed by atoms with E-state index in [4.69, 9.17) is 4.74 Å². The highest BCUT2D eigenvalue weighted by atomic mass is 79.9. The van der Waals surface area contributed by atoms with Crippen molar-refractivity contribution in [1.29, 1.82) is 0 Å². The number of ether oxygens (including phenoxy) is 1. The average molecular weight is 467 g/mol. The van der Waals surface area contributed by atoms with Gasteiger partial charge in [-0.15, -0.1) is 0 Å². The van der Waals surface area contributed by atoms with Crippen molar-refractivity contribution in [3.63, 3.8) is 0 Å². The molecule has 0 saturated heterocycles. The van der Waals surface area contributed by atoms with Crippen LogP contribution in [0, 0.1) is 26.7 Å². The minimum Gasteiger partial charge on any atom is -0.489 e. The third-order valence-corrected chi connectivity index (χ3v) is 6.39. The predicted molar refractivity (Wildman–Crippen MR) is 119 cm³/mol. The highest BCUT2D eigenvalue weighted by Gasteiger charge is 2.60. The van der Waals surface area contributed by atoms with E-state index in [9.17, 15) is 4.79 Å². The SMILES string of the molecule is Cc1ncc(OC[C@@]2(c3ccccc3)C[C@H]2C(=O)Nc2cnc(Br)c(C)c2)c(C)n1. The number of halogens is 1. The third kappa shape index (κ3) is 4.07. The van der Waals surface area contributed by atoms with Gasteiger partial charge in [0.1, 0.15) is 10.4 Å². The lowest BCUT2D eigenvalue weighted by atomic mass is 9.93. The molecule has 0 unspecified atom stereocenters. The Morgan fingerprint density at radius 1 is 1.20 bits per heavy atom. The monoisotopic (exact) mass is 466 g/mol. The highest BCUT2D eigenvalue weighted by Crippen LogP contribution is 2.55. The standard InChI is InChI=1S/C23H23BrN4O2/c1-14-9-18(11-26-21(14)24)28-22(29)19-10-23(19,17-7-5-4-6-8-17)13-30-20-12-25-16(3)27-15(20)2/h4-9,11-12,19H,10,13H2,1-3H3,(H,28,29)/t19-,23+/m0/s1. The predicted octanol–water partition coefficient (Wildman–Crippen LogP) is 4.53. The van der Waals surface area contributed by atoms with Gasteiger partial charge in [-0.05, 0) is 60.3 Å². The number of aryl methyl sites for hydroxylation is 3. The molecule has 4 rings (SSSR count). The number of carbonyl (C=O) groups excluding carboxylic acids is 1. The molecule has 3 aromatic rings. The average Bonchev–Trinajstić information content (AvgIpc) is 3.47. The number of nitrogens with one attached hydrogen (secondary N) is 1. The molecule has 2 heterocycles. The van der Waals surface area contributed by atoms with E-state index < -0.39 is 0 Å². The Hall–Kier alpha value is -2.80. The molecule has 1 saturated carbocycles. The Morgan fingerprint density at radius 2 is 1.97 bits per heavy atom. The van der Waals surface area contributed by atoms with Gasteiger partial charge in [0.15, 0.2) is 5.75 Å². The van der Waals surface area contributed by atoms with Crippen molar-refractivity contribution in [2.75, 3.05) is 11.9 Å². The fraction of sp³-hybridized carbons (Fsp3) is 0.304. The molecule has 2 aromatic heterocycles. The maximum atomic E-state index is 13.1. The van der Waals surface area contributed by atoms with Gasteiger partial charge in [-0.25, -0.2) is 15.0 Å². The van der Waals surface area contributed by atoms with Crippen LogP contribution in [0.4, 0.5) is 5.69 Å². The second kappa shape index (κ2) is 8.14. The molecule has 2 atom stereocenters. The van der Waals surface area contributed by atoms with Crippen molar-refractivity contribution in [2.45, 2.75) is 32.6 Å². The summed E-state index contributed by atoms with van der Waals surface area (Å²) in [5, 5.41) is 3.01. The molecule has 1 aliphatic carbocycles. The van der Waals surface area contributed by atoms with Crippen molar-refractivity contribution in [1.82, 2.24) is 15.0 Å². The maximum Gasteiger partial charge on any atom is 0.228 e. The summed E-state index contributed by atoms with van der Waals surface area (Å²) >= 11 is 3.39. The number of rotatable bonds is 6. The second-order valence-corrected chi connectivity index (χ2v) is 8.51. The van der Waals surface area contributed by atoms with Gasteiger partial charge in [0.2, 0.25) is 5.91 Å². The molecule has 1 amide bonds. The first-order valence-corrected chi connectivity index (χ1v) is 10.6. The highest BCUT2D eigenvalue weighted by molar-refractivity contribution is 9.10. The summed E-state index contributed by atoms with van der Waals surface area (Å²) in [7, 11) is 0. The van der Waals surface area contributed by atoms with Crippen molar-refractivity contribution in [3.8, 4) is 5.75 Å². The molecule has 0 aliphatic heterocycles. The molecule has 0 spiro atoms. The summed E-state index contributed by atoms with van der Waals surface area (Å²) in [5.74, 6) is 1.15. The van der Waals surface area contributed by atoms with Crippen LogP contribution in [0.25, 0.3) is 0 Å². The van der Waals surface area contributed by atoms with Gasteiger partial charge < -0.3 is 10.1 Å². The van der Waals surface area contributed by atoms with E-state index >= 15 is 0 Å². The molecule has 1 fully saturated rings. The van der Waals surface area contributed by atoms with Gasteiger partial charge in [0.25, 0.3) is 0 Å². The Labute approximate surface area is 184 Å². The minimum atomic E-state index is -0.374. The van der Waals surface area contributed by atoms with Crippen LogP contribution in [0.2, 0.25) is 0 Å². The van der Waals surface area contributed by atoms with Crippen molar-refractivity contribution >= 4 is 27.5 Å². The molecule has 0 radical (unpaired) electrons. The van der Waals surface area contributed by atoms with Gasteiger partial charge in [-0.3, -0.25) is 4.79 Å². The van der Waals surface area contributed by atoms with Crippen LogP contribution in [-0.4, -0.2) is 27.5 Å². The number of carbonyl (C=O) groups is 1. The summed E-state index contributed by atoms with van der Waals surface area (Å²) in [6.07, 6.45) is 4.08. The zero-order valence-electron chi connectivity index (χ0n) is 17.1. The molecular weight excluding hydrogens is 444 g/mol. The van der Waals surface area contributed by atoms with E-state index in [2.05, 4.69) is 48.3 Å². The summed E-state index contributed by atoms with van der Waals surface area (Å²) in [5.41, 5.74) is 3.18. The molecule has 0 bridgehead atoms. The Bertz CT molecular complexity index is 1090.